The van der Waals surface area contributed by atoms with Crippen molar-refractivity contribution in [2.24, 2.45) is 17.6 Å². The molecule has 1 amide bonds. The molecule has 0 aromatic heterocycles. The van der Waals surface area contributed by atoms with Crippen LogP contribution in [0.2, 0.25) is 0 Å². The van der Waals surface area contributed by atoms with Gasteiger partial charge in [-0.05, 0) is 51.1 Å². The van der Waals surface area contributed by atoms with Crippen molar-refractivity contribution in [3.63, 3.8) is 0 Å². The normalized spacial score (nSPS) is 21.8. The van der Waals surface area contributed by atoms with E-state index in [1.165, 1.54) is 12.8 Å². The van der Waals surface area contributed by atoms with Gasteiger partial charge in [-0.3, -0.25) is 9.69 Å². The largest absolute Gasteiger partial charge is 0.354 e. The topological polar surface area (TPSA) is 58.4 Å². The lowest BCUT2D eigenvalue weighted by atomic mass is 9.94. The Labute approximate surface area is 123 Å². The average molecular weight is 292 g/mol. The van der Waals surface area contributed by atoms with Crippen LogP contribution < -0.4 is 11.1 Å². The highest BCUT2D eigenvalue weighted by molar-refractivity contribution is 5.85. The van der Waals surface area contributed by atoms with Crippen LogP contribution in [-0.2, 0) is 4.79 Å². The molecule has 0 aromatic carbocycles. The van der Waals surface area contributed by atoms with Crippen LogP contribution in [-0.4, -0.2) is 43.0 Å². The van der Waals surface area contributed by atoms with Crippen LogP contribution in [0.1, 0.15) is 40.0 Å². The Morgan fingerprint density at radius 2 is 2.11 bits per heavy atom. The number of carbonyl (C=O) groups excluding carboxylic acids is 1. The van der Waals surface area contributed by atoms with E-state index >= 15 is 0 Å². The molecule has 3 N–H and O–H groups in total. The third-order valence-corrected chi connectivity index (χ3v) is 3.74. The number of amides is 1. The zero-order valence-corrected chi connectivity index (χ0v) is 13.3. The van der Waals surface area contributed by atoms with E-state index in [9.17, 15) is 4.79 Å². The molecule has 4 nitrogen and oxygen atoms in total. The highest BCUT2D eigenvalue weighted by Crippen LogP contribution is 2.20. The molecular formula is C14H30ClN3O. The number of nitrogens with zero attached hydrogens (tertiary/aromatic N) is 1. The number of halogens is 1. The first kappa shape index (κ1) is 18.7. The van der Waals surface area contributed by atoms with Crippen LogP contribution in [0.4, 0.5) is 0 Å². The SMILES string of the molecule is CC(C)CNC(=O)C(C)N1CCCC(CCN)C1.Cl. The van der Waals surface area contributed by atoms with Crippen molar-refractivity contribution >= 4 is 18.3 Å². The van der Waals surface area contributed by atoms with Crippen molar-refractivity contribution in [2.45, 2.75) is 46.1 Å². The lowest BCUT2D eigenvalue weighted by Crippen LogP contribution is -2.49. The zero-order chi connectivity index (χ0) is 13.5. The molecule has 1 heterocycles. The van der Waals surface area contributed by atoms with Gasteiger partial charge >= 0.3 is 0 Å². The summed E-state index contributed by atoms with van der Waals surface area (Å²) in [4.78, 5) is 14.3. The molecule has 0 spiro atoms. The van der Waals surface area contributed by atoms with E-state index in [1.54, 1.807) is 0 Å². The lowest BCUT2D eigenvalue weighted by Gasteiger charge is -2.36. The number of rotatable bonds is 6. The second-order valence-corrected chi connectivity index (χ2v) is 5.90. The standard InChI is InChI=1S/C14H29N3O.ClH/c1-11(2)9-16-14(18)12(3)17-8-4-5-13(10-17)6-7-15;/h11-13H,4-10,15H2,1-3H3,(H,16,18);1H. The van der Waals surface area contributed by atoms with E-state index < -0.39 is 0 Å². The summed E-state index contributed by atoms with van der Waals surface area (Å²) < 4.78 is 0. The molecule has 5 heteroatoms. The Bertz CT molecular complexity index is 259. The minimum atomic E-state index is -0.00988. The molecular weight excluding hydrogens is 262 g/mol. The maximum Gasteiger partial charge on any atom is 0.237 e. The predicted molar refractivity (Wildman–Crippen MR) is 82.5 cm³/mol. The minimum absolute atomic E-state index is 0. The average Bonchev–Trinajstić information content (AvgIpc) is 2.35. The fraction of sp³-hybridized carbons (Fsp3) is 0.929. The van der Waals surface area contributed by atoms with Crippen molar-refractivity contribution in [3.05, 3.63) is 0 Å². The van der Waals surface area contributed by atoms with Gasteiger partial charge in [0, 0.05) is 13.1 Å². The zero-order valence-electron chi connectivity index (χ0n) is 12.5. The maximum atomic E-state index is 12.0. The molecule has 2 unspecified atom stereocenters. The Hall–Kier alpha value is -0.320. The fourth-order valence-electron chi connectivity index (χ4n) is 2.54. The Morgan fingerprint density at radius 3 is 2.68 bits per heavy atom. The molecule has 0 aliphatic carbocycles. The molecule has 19 heavy (non-hydrogen) atoms. The van der Waals surface area contributed by atoms with Gasteiger partial charge in [-0.25, -0.2) is 0 Å². The van der Waals surface area contributed by atoms with Gasteiger partial charge in [0.1, 0.15) is 0 Å². The molecule has 1 rings (SSSR count). The molecule has 2 atom stereocenters. The van der Waals surface area contributed by atoms with Gasteiger partial charge in [0.25, 0.3) is 0 Å². The van der Waals surface area contributed by atoms with Gasteiger partial charge in [0.15, 0.2) is 0 Å². The predicted octanol–water partition coefficient (Wildman–Crippen LogP) is 1.63. The molecule has 0 aromatic rings. The highest BCUT2D eigenvalue weighted by Gasteiger charge is 2.26. The van der Waals surface area contributed by atoms with E-state index in [-0.39, 0.29) is 24.4 Å². The molecule has 1 fully saturated rings. The lowest BCUT2D eigenvalue weighted by molar-refractivity contribution is -0.126. The smallest absolute Gasteiger partial charge is 0.237 e. The highest BCUT2D eigenvalue weighted by atomic mass is 35.5. The van der Waals surface area contributed by atoms with E-state index in [0.29, 0.717) is 11.8 Å². The quantitative estimate of drug-likeness (QED) is 0.782. The summed E-state index contributed by atoms with van der Waals surface area (Å²) in [5.74, 6) is 1.34. The van der Waals surface area contributed by atoms with E-state index in [4.69, 9.17) is 5.73 Å². The molecule has 1 aliphatic rings. The summed E-state index contributed by atoms with van der Waals surface area (Å²) in [5.41, 5.74) is 5.62. The molecule has 1 saturated heterocycles. The van der Waals surface area contributed by atoms with Crippen LogP contribution >= 0.6 is 12.4 Å². The second-order valence-electron chi connectivity index (χ2n) is 5.90. The Kier molecular flexibility index (Phi) is 9.40. The molecule has 0 saturated carbocycles. The van der Waals surface area contributed by atoms with Crippen molar-refractivity contribution in [1.29, 1.82) is 0 Å². The fourth-order valence-corrected chi connectivity index (χ4v) is 2.54. The van der Waals surface area contributed by atoms with Crippen molar-refractivity contribution in [1.82, 2.24) is 10.2 Å². The monoisotopic (exact) mass is 291 g/mol. The summed E-state index contributed by atoms with van der Waals surface area (Å²) in [5, 5.41) is 3.02. The van der Waals surface area contributed by atoms with E-state index in [0.717, 1.165) is 32.6 Å². The first-order chi connectivity index (χ1) is 8.54. The molecule has 0 radical (unpaired) electrons. The number of hydrogen-bond acceptors (Lipinski definition) is 3. The Balaban J connectivity index is 0.00000324. The molecule has 1 aliphatic heterocycles. The first-order valence-corrected chi connectivity index (χ1v) is 7.26. The summed E-state index contributed by atoms with van der Waals surface area (Å²) >= 11 is 0. The number of carbonyl (C=O) groups is 1. The molecule has 114 valence electrons. The van der Waals surface area contributed by atoms with Gasteiger partial charge in [-0.15, -0.1) is 12.4 Å². The summed E-state index contributed by atoms with van der Waals surface area (Å²) in [7, 11) is 0. The van der Waals surface area contributed by atoms with Gasteiger partial charge < -0.3 is 11.1 Å². The maximum absolute atomic E-state index is 12.0. The minimum Gasteiger partial charge on any atom is -0.354 e. The van der Waals surface area contributed by atoms with E-state index in [2.05, 4.69) is 24.1 Å². The van der Waals surface area contributed by atoms with Crippen LogP contribution in [0.25, 0.3) is 0 Å². The van der Waals surface area contributed by atoms with Gasteiger partial charge in [-0.2, -0.15) is 0 Å². The number of nitrogens with two attached hydrogens (primary N) is 1. The molecule has 0 bridgehead atoms. The van der Waals surface area contributed by atoms with Gasteiger partial charge in [-0.1, -0.05) is 13.8 Å². The number of hydrogen-bond donors (Lipinski definition) is 2. The van der Waals surface area contributed by atoms with Gasteiger partial charge in [0.05, 0.1) is 6.04 Å². The first-order valence-electron chi connectivity index (χ1n) is 7.26. The van der Waals surface area contributed by atoms with Crippen molar-refractivity contribution in [2.75, 3.05) is 26.2 Å². The summed E-state index contributed by atoms with van der Waals surface area (Å²) in [6.45, 7) is 9.83. The summed E-state index contributed by atoms with van der Waals surface area (Å²) in [6.07, 6.45) is 3.53. The van der Waals surface area contributed by atoms with E-state index in [1.807, 2.05) is 6.92 Å². The van der Waals surface area contributed by atoms with Crippen LogP contribution in [0.15, 0.2) is 0 Å². The number of nitrogens with one attached hydrogen (secondary N) is 1. The van der Waals surface area contributed by atoms with Gasteiger partial charge in [0.2, 0.25) is 5.91 Å². The second kappa shape index (κ2) is 9.56. The summed E-state index contributed by atoms with van der Waals surface area (Å²) in [6, 6.07) is -0.00988. The van der Waals surface area contributed by atoms with Crippen LogP contribution in [0.3, 0.4) is 0 Å². The number of likely N-dealkylation sites (tertiary alicyclic amines) is 1. The third kappa shape index (κ3) is 6.59. The Morgan fingerprint density at radius 1 is 1.42 bits per heavy atom. The van der Waals surface area contributed by atoms with Crippen LogP contribution in [0, 0.1) is 11.8 Å². The van der Waals surface area contributed by atoms with Crippen molar-refractivity contribution in [3.8, 4) is 0 Å². The van der Waals surface area contributed by atoms with Crippen molar-refractivity contribution < 1.29 is 4.79 Å². The number of piperidine rings is 1. The third-order valence-electron chi connectivity index (χ3n) is 3.74. The van der Waals surface area contributed by atoms with Crippen LogP contribution in [0.5, 0.6) is 0 Å².